The first kappa shape index (κ1) is 12.3. The second-order valence-electron chi connectivity index (χ2n) is 5.70. The third kappa shape index (κ3) is 3.72. The maximum Gasteiger partial charge on any atom is 0.0593 e. The van der Waals surface area contributed by atoms with Gasteiger partial charge in [-0.15, -0.1) is 0 Å². The Hall–Kier alpha value is -0.120. The molecule has 0 saturated carbocycles. The van der Waals surface area contributed by atoms with E-state index in [4.69, 9.17) is 4.74 Å². The summed E-state index contributed by atoms with van der Waals surface area (Å²) in [5.74, 6) is 0.654. The maximum atomic E-state index is 5.66. The number of nitrogens with one attached hydrogen (secondary N) is 1. The topological polar surface area (TPSA) is 24.5 Å². The molecule has 0 spiro atoms. The molecule has 2 aliphatic heterocycles. The van der Waals surface area contributed by atoms with E-state index in [1.807, 2.05) is 0 Å². The van der Waals surface area contributed by atoms with Crippen molar-refractivity contribution in [1.82, 2.24) is 10.2 Å². The van der Waals surface area contributed by atoms with Gasteiger partial charge in [0.2, 0.25) is 0 Å². The molecule has 0 aromatic rings. The third-order valence-corrected chi connectivity index (χ3v) is 3.61. The SMILES string of the molecule is CC(C)COCCN1CCC2CCC(C1)N2. The highest BCUT2D eigenvalue weighted by atomic mass is 16.5. The van der Waals surface area contributed by atoms with Gasteiger partial charge in [0.15, 0.2) is 0 Å². The number of hydrogen-bond donors (Lipinski definition) is 1. The lowest BCUT2D eigenvalue weighted by Crippen LogP contribution is -2.37. The van der Waals surface area contributed by atoms with Gasteiger partial charge < -0.3 is 10.1 Å². The van der Waals surface area contributed by atoms with Crippen molar-refractivity contribution in [2.24, 2.45) is 5.92 Å². The predicted octanol–water partition coefficient (Wildman–Crippen LogP) is 1.49. The molecule has 0 aromatic carbocycles. The zero-order chi connectivity index (χ0) is 11.4. The van der Waals surface area contributed by atoms with Gasteiger partial charge in [0, 0.05) is 31.8 Å². The largest absolute Gasteiger partial charge is 0.380 e. The summed E-state index contributed by atoms with van der Waals surface area (Å²) in [6.07, 6.45) is 4.08. The van der Waals surface area contributed by atoms with Crippen molar-refractivity contribution in [3.8, 4) is 0 Å². The van der Waals surface area contributed by atoms with Gasteiger partial charge in [-0.1, -0.05) is 13.8 Å². The number of hydrogen-bond acceptors (Lipinski definition) is 3. The van der Waals surface area contributed by atoms with Crippen LogP contribution in [0, 0.1) is 5.92 Å². The first-order chi connectivity index (χ1) is 7.74. The highest BCUT2D eigenvalue weighted by Crippen LogP contribution is 2.19. The molecular formula is C13H26N2O. The summed E-state index contributed by atoms with van der Waals surface area (Å²) in [4.78, 5) is 2.57. The fourth-order valence-electron chi connectivity index (χ4n) is 2.73. The van der Waals surface area contributed by atoms with Gasteiger partial charge in [0.25, 0.3) is 0 Å². The molecule has 0 radical (unpaired) electrons. The van der Waals surface area contributed by atoms with Crippen molar-refractivity contribution < 1.29 is 4.74 Å². The Morgan fingerprint density at radius 2 is 2.06 bits per heavy atom. The van der Waals surface area contributed by atoms with Crippen LogP contribution in [-0.4, -0.2) is 49.8 Å². The summed E-state index contributed by atoms with van der Waals surface area (Å²) in [6.45, 7) is 9.79. The highest BCUT2D eigenvalue weighted by molar-refractivity contribution is 4.89. The van der Waals surface area contributed by atoms with Gasteiger partial charge >= 0.3 is 0 Å². The van der Waals surface area contributed by atoms with E-state index < -0.39 is 0 Å². The Morgan fingerprint density at radius 1 is 1.25 bits per heavy atom. The molecule has 0 aromatic heterocycles. The van der Waals surface area contributed by atoms with Gasteiger partial charge in [-0.25, -0.2) is 0 Å². The molecule has 1 N–H and O–H groups in total. The second kappa shape index (κ2) is 5.99. The van der Waals surface area contributed by atoms with E-state index in [0.717, 1.165) is 31.8 Å². The van der Waals surface area contributed by atoms with E-state index in [-0.39, 0.29) is 0 Å². The Labute approximate surface area is 99.5 Å². The summed E-state index contributed by atoms with van der Waals surface area (Å²) >= 11 is 0. The van der Waals surface area contributed by atoms with Crippen molar-refractivity contribution in [2.45, 2.75) is 45.2 Å². The molecular weight excluding hydrogens is 200 g/mol. The van der Waals surface area contributed by atoms with Crippen LogP contribution in [0.2, 0.25) is 0 Å². The van der Waals surface area contributed by atoms with Gasteiger partial charge in [0.1, 0.15) is 0 Å². The first-order valence-electron chi connectivity index (χ1n) is 6.80. The molecule has 2 fully saturated rings. The molecule has 2 rings (SSSR count). The van der Waals surface area contributed by atoms with Crippen LogP contribution in [0.3, 0.4) is 0 Å². The molecule has 3 heteroatoms. The van der Waals surface area contributed by atoms with Gasteiger partial charge in [-0.05, 0) is 31.7 Å². The quantitative estimate of drug-likeness (QED) is 0.719. The lowest BCUT2D eigenvalue weighted by Gasteiger charge is -2.23. The standard InChI is InChI=1S/C13H26N2O/c1-11(2)10-16-8-7-15-6-5-12-3-4-13(9-15)14-12/h11-14H,3-10H2,1-2H3. The Bertz CT molecular complexity index is 208. The number of ether oxygens (including phenoxy) is 1. The Kier molecular flexibility index (Phi) is 4.62. The predicted molar refractivity (Wildman–Crippen MR) is 66.7 cm³/mol. The molecule has 2 atom stereocenters. The van der Waals surface area contributed by atoms with Gasteiger partial charge in [-0.2, -0.15) is 0 Å². The number of rotatable bonds is 5. The molecule has 2 aliphatic rings. The molecule has 0 amide bonds. The first-order valence-corrected chi connectivity index (χ1v) is 6.80. The monoisotopic (exact) mass is 226 g/mol. The lowest BCUT2D eigenvalue weighted by molar-refractivity contribution is 0.0841. The number of nitrogens with zero attached hydrogens (tertiary/aromatic N) is 1. The van der Waals surface area contributed by atoms with E-state index in [2.05, 4.69) is 24.1 Å². The highest BCUT2D eigenvalue weighted by Gasteiger charge is 2.28. The minimum atomic E-state index is 0.654. The number of likely N-dealkylation sites (tertiary alicyclic amines) is 1. The van der Waals surface area contributed by atoms with Crippen LogP contribution < -0.4 is 5.32 Å². The van der Waals surface area contributed by atoms with E-state index in [1.165, 1.54) is 32.4 Å². The van der Waals surface area contributed by atoms with Crippen LogP contribution in [0.25, 0.3) is 0 Å². The van der Waals surface area contributed by atoms with Crippen LogP contribution in [0.1, 0.15) is 33.1 Å². The fraction of sp³-hybridized carbons (Fsp3) is 1.00. The van der Waals surface area contributed by atoms with E-state index in [0.29, 0.717) is 5.92 Å². The molecule has 2 saturated heterocycles. The summed E-state index contributed by atoms with van der Waals surface area (Å²) in [5.41, 5.74) is 0. The molecule has 2 unspecified atom stereocenters. The number of fused-ring (bicyclic) bond motifs is 2. The fourth-order valence-corrected chi connectivity index (χ4v) is 2.73. The smallest absolute Gasteiger partial charge is 0.0593 e. The van der Waals surface area contributed by atoms with Crippen molar-refractivity contribution in [3.05, 3.63) is 0 Å². The lowest BCUT2D eigenvalue weighted by atomic mass is 10.1. The third-order valence-electron chi connectivity index (χ3n) is 3.61. The van der Waals surface area contributed by atoms with Crippen molar-refractivity contribution in [3.63, 3.8) is 0 Å². The van der Waals surface area contributed by atoms with Crippen molar-refractivity contribution in [1.29, 1.82) is 0 Å². The molecule has 94 valence electrons. The average Bonchev–Trinajstić information content (AvgIpc) is 2.55. The molecule has 3 nitrogen and oxygen atoms in total. The molecule has 0 aliphatic carbocycles. The molecule has 2 heterocycles. The van der Waals surface area contributed by atoms with E-state index in [1.54, 1.807) is 0 Å². The Morgan fingerprint density at radius 3 is 2.88 bits per heavy atom. The minimum Gasteiger partial charge on any atom is -0.380 e. The summed E-state index contributed by atoms with van der Waals surface area (Å²) in [7, 11) is 0. The van der Waals surface area contributed by atoms with Gasteiger partial charge in [-0.3, -0.25) is 4.90 Å². The van der Waals surface area contributed by atoms with Crippen LogP contribution in [0.15, 0.2) is 0 Å². The molecule has 16 heavy (non-hydrogen) atoms. The summed E-state index contributed by atoms with van der Waals surface area (Å²) in [6, 6.07) is 1.55. The average molecular weight is 226 g/mol. The van der Waals surface area contributed by atoms with Crippen molar-refractivity contribution >= 4 is 0 Å². The second-order valence-corrected chi connectivity index (χ2v) is 5.70. The van der Waals surface area contributed by atoms with Crippen LogP contribution >= 0.6 is 0 Å². The van der Waals surface area contributed by atoms with Crippen molar-refractivity contribution in [2.75, 3.05) is 32.8 Å². The summed E-state index contributed by atoms with van der Waals surface area (Å²) in [5, 5.41) is 3.71. The van der Waals surface area contributed by atoms with E-state index in [9.17, 15) is 0 Å². The van der Waals surface area contributed by atoms with Crippen LogP contribution in [0.5, 0.6) is 0 Å². The minimum absolute atomic E-state index is 0.654. The molecule has 2 bridgehead atoms. The zero-order valence-electron chi connectivity index (χ0n) is 10.7. The zero-order valence-corrected chi connectivity index (χ0v) is 10.7. The van der Waals surface area contributed by atoms with Crippen LogP contribution in [-0.2, 0) is 4.74 Å². The Balaban J connectivity index is 1.62. The van der Waals surface area contributed by atoms with Gasteiger partial charge in [0.05, 0.1) is 6.61 Å². The van der Waals surface area contributed by atoms with Crippen LogP contribution in [0.4, 0.5) is 0 Å². The maximum absolute atomic E-state index is 5.66. The summed E-state index contributed by atoms with van der Waals surface area (Å²) < 4.78 is 5.66. The normalized spacial score (nSPS) is 30.9. The van der Waals surface area contributed by atoms with E-state index >= 15 is 0 Å².